The normalized spacial score (nSPS) is 46.0. The highest BCUT2D eigenvalue weighted by molar-refractivity contribution is 5.91. The summed E-state index contributed by atoms with van der Waals surface area (Å²) in [7, 11) is 0. The van der Waals surface area contributed by atoms with Crippen LogP contribution in [0.4, 0.5) is 0 Å². The minimum Gasteiger partial charge on any atom is -0.396 e. The van der Waals surface area contributed by atoms with Crippen molar-refractivity contribution < 1.29 is 19.8 Å². The second kappa shape index (κ2) is 6.02. The van der Waals surface area contributed by atoms with Crippen LogP contribution in [0.1, 0.15) is 58.3 Å². The van der Waals surface area contributed by atoms with E-state index in [1.54, 1.807) is 0 Å². The second-order valence-corrected chi connectivity index (χ2v) is 9.15. The molecule has 0 bridgehead atoms. The quantitative estimate of drug-likeness (QED) is 0.824. The number of hydrogen-bond donors (Lipinski definition) is 2. The molecule has 0 radical (unpaired) electrons. The van der Waals surface area contributed by atoms with Gasteiger partial charge in [0, 0.05) is 24.4 Å². The van der Waals surface area contributed by atoms with Crippen molar-refractivity contribution in [2.45, 2.75) is 58.3 Å². The molecule has 0 aromatic rings. The van der Waals surface area contributed by atoms with E-state index in [0.29, 0.717) is 24.2 Å². The molecule has 3 saturated carbocycles. The number of ketones is 2. The van der Waals surface area contributed by atoms with Crippen LogP contribution < -0.4 is 0 Å². The minimum atomic E-state index is -0.403. The highest BCUT2D eigenvalue weighted by atomic mass is 16.3. The predicted molar refractivity (Wildman–Crippen MR) is 93.7 cm³/mol. The zero-order chi connectivity index (χ0) is 17.8. The molecule has 2 N–H and O–H groups in total. The van der Waals surface area contributed by atoms with Gasteiger partial charge >= 0.3 is 0 Å². The topological polar surface area (TPSA) is 74.6 Å². The summed E-state index contributed by atoms with van der Waals surface area (Å²) in [6.45, 7) is 2.01. The Morgan fingerprint density at radius 2 is 1.92 bits per heavy atom. The monoisotopic (exact) mass is 346 g/mol. The number of carbonyl (C=O) groups excluding carboxylic acids is 2. The van der Waals surface area contributed by atoms with E-state index < -0.39 is 6.61 Å². The van der Waals surface area contributed by atoms with E-state index in [-0.39, 0.29) is 34.9 Å². The number of hydrogen-bond acceptors (Lipinski definition) is 4. The van der Waals surface area contributed by atoms with Crippen LogP contribution in [0.25, 0.3) is 0 Å². The molecule has 0 heterocycles. The van der Waals surface area contributed by atoms with Crippen LogP contribution in [0.2, 0.25) is 0 Å². The smallest absolute Gasteiger partial charge is 0.161 e. The number of rotatable bonds is 3. The maximum atomic E-state index is 12.3. The Labute approximate surface area is 149 Å². The van der Waals surface area contributed by atoms with Gasteiger partial charge in [0.05, 0.1) is 0 Å². The second-order valence-electron chi connectivity index (χ2n) is 9.15. The van der Waals surface area contributed by atoms with E-state index in [1.165, 1.54) is 5.57 Å². The number of carbonyl (C=O) groups is 2. The molecule has 0 unspecified atom stereocenters. The van der Waals surface area contributed by atoms with Crippen LogP contribution in [0.5, 0.6) is 0 Å². The van der Waals surface area contributed by atoms with Gasteiger partial charge < -0.3 is 10.2 Å². The highest BCUT2D eigenvalue weighted by Crippen LogP contribution is 2.66. The van der Waals surface area contributed by atoms with Gasteiger partial charge in [0.1, 0.15) is 6.61 Å². The predicted octanol–water partition coefficient (Wildman–Crippen LogP) is 2.67. The molecule has 0 aliphatic heterocycles. The molecule has 25 heavy (non-hydrogen) atoms. The summed E-state index contributed by atoms with van der Waals surface area (Å²) in [5, 5.41) is 19.7. The molecule has 4 heteroatoms. The summed E-state index contributed by atoms with van der Waals surface area (Å²) in [4.78, 5) is 24.2. The summed E-state index contributed by atoms with van der Waals surface area (Å²) in [6, 6.07) is 0. The van der Waals surface area contributed by atoms with Gasteiger partial charge in [0.15, 0.2) is 11.6 Å². The van der Waals surface area contributed by atoms with Gasteiger partial charge in [-0.15, -0.1) is 0 Å². The molecular formula is C21H30O4. The van der Waals surface area contributed by atoms with Crippen LogP contribution in [-0.2, 0) is 9.59 Å². The molecule has 4 nitrogen and oxygen atoms in total. The van der Waals surface area contributed by atoms with Crippen molar-refractivity contribution in [3.05, 3.63) is 11.6 Å². The van der Waals surface area contributed by atoms with Crippen molar-refractivity contribution in [1.29, 1.82) is 0 Å². The summed E-state index contributed by atoms with van der Waals surface area (Å²) in [5.41, 5.74) is 1.16. The molecule has 138 valence electrons. The zero-order valence-corrected chi connectivity index (χ0v) is 15.2. The Balaban J connectivity index is 1.67. The first-order valence-corrected chi connectivity index (χ1v) is 9.94. The van der Waals surface area contributed by atoms with Gasteiger partial charge in [-0.3, -0.25) is 9.59 Å². The molecule has 0 spiro atoms. The Hall–Kier alpha value is -1.00. The van der Waals surface area contributed by atoms with Crippen molar-refractivity contribution in [2.75, 3.05) is 13.2 Å². The third-order valence-electron chi connectivity index (χ3n) is 8.52. The van der Waals surface area contributed by atoms with Gasteiger partial charge in [-0.1, -0.05) is 12.5 Å². The maximum absolute atomic E-state index is 12.3. The molecule has 0 saturated heterocycles. The fourth-order valence-electron chi connectivity index (χ4n) is 7.27. The Morgan fingerprint density at radius 3 is 2.64 bits per heavy atom. The summed E-state index contributed by atoms with van der Waals surface area (Å²) < 4.78 is 0. The number of aliphatic hydroxyl groups is 2. The average Bonchev–Trinajstić information content (AvgIpc) is 3.01. The van der Waals surface area contributed by atoms with Crippen molar-refractivity contribution in [1.82, 2.24) is 0 Å². The van der Waals surface area contributed by atoms with Crippen molar-refractivity contribution >= 4 is 11.6 Å². The third-order valence-corrected chi connectivity index (χ3v) is 8.52. The standard InChI is InChI=1S/C21H30O4/c1-20-8-6-14(24)10-13(20)2-3-15-16(20)7-9-21(12-23)17(15)4-5-18(21)19(25)11-22/h10,15-18,22-23H,2-9,11-12H2,1H3/t15-,16-,17-,18+,20-,21-/m0/s1. The van der Waals surface area contributed by atoms with E-state index >= 15 is 0 Å². The molecule has 0 aromatic heterocycles. The summed E-state index contributed by atoms with van der Waals surface area (Å²) in [5.74, 6) is 1.50. The number of Topliss-reactive ketones (excluding diaryl/α,β-unsaturated/α-hetero) is 1. The van der Waals surface area contributed by atoms with E-state index in [2.05, 4.69) is 6.92 Å². The first-order chi connectivity index (χ1) is 12.0. The summed E-state index contributed by atoms with van der Waals surface area (Å²) in [6.07, 6.45) is 9.30. The molecule has 4 rings (SSSR count). The van der Waals surface area contributed by atoms with Crippen molar-refractivity contribution in [3.8, 4) is 0 Å². The lowest BCUT2D eigenvalue weighted by Gasteiger charge is -2.58. The summed E-state index contributed by atoms with van der Waals surface area (Å²) >= 11 is 0. The number of allylic oxidation sites excluding steroid dienone is 1. The lowest BCUT2D eigenvalue weighted by molar-refractivity contribution is -0.138. The van der Waals surface area contributed by atoms with Crippen molar-refractivity contribution in [2.24, 2.45) is 34.5 Å². The zero-order valence-electron chi connectivity index (χ0n) is 15.2. The average molecular weight is 346 g/mol. The van der Waals surface area contributed by atoms with Crippen LogP contribution in [0.3, 0.4) is 0 Å². The number of fused-ring (bicyclic) bond motifs is 5. The maximum Gasteiger partial charge on any atom is 0.161 e. The van der Waals surface area contributed by atoms with Gasteiger partial charge in [-0.2, -0.15) is 0 Å². The lowest BCUT2D eigenvalue weighted by Crippen LogP contribution is -2.53. The Kier molecular flexibility index (Phi) is 4.19. The Morgan fingerprint density at radius 1 is 1.12 bits per heavy atom. The van der Waals surface area contributed by atoms with Crippen LogP contribution in [0.15, 0.2) is 11.6 Å². The first kappa shape index (κ1) is 17.4. The van der Waals surface area contributed by atoms with E-state index in [4.69, 9.17) is 0 Å². The number of aliphatic hydroxyl groups excluding tert-OH is 2. The molecule has 4 aliphatic carbocycles. The molecule has 3 fully saturated rings. The van der Waals surface area contributed by atoms with E-state index in [0.717, 1.165) is 44.9 Å². The van der Waals surface area contributed by atoms with Gasteiger partial charge in [0.2, 0.25) is 0 Å². The van der Waals surface area contributed by atoms with E-state index in [1.807, 2.05) is 6.08 Å². The van der Waals surface area contributed by atoms with Crippen molar-refractivity contribution in [3.63, 3.8) is 0 Å². The lowest BCUT2D eigenvalue weighted by atomic mass is 9.46. The molecule has 6 atom stereocenters. The Bertz CT molecular complexity index is 623. The van der Waals surface area contributed by atoms with Gasteiger partial charge in [-0.05, 0) is 74.2 Å². The van der Waals surface area contributed by atoms with Crippen LogP contribution >= 0.6 is 0 Å². The SMILES string of the molecule is C[C@]12CCC(=O)C=C1CC[C@@H]1[C@@H]3CC[C@H](C(=O)CO)[C@]3(CO)CC[C@@H]12. The molecule has 0 aromatic carbocycles. The van der Waals surface area contributed by atoms with Gasteiger partial charge in [-0.25, -0.2) is 0 Å². The highest BCUT2D eigenvalue weighted by Gasteiger charge is 2.61. The minimum absolute atomic E-state index is 0.0647. The largest absolute Gasteiger partial charge is 0.396 e. The fraction of sp³-hybridized carbons (Fsp3) is 0.810. The molecule has 0 amide bonds. The third kappa shape index (κ3) is 2.33. The fourth-order valence-corrected chi connectivity index (χ4v) is 7.27. The molecule has 4 aliphatic rings. The molecular weight excluding hydrogens is 316 g/mol. The first-order valence-electron chi connectivity index (χ1n) is 9.94. The van der Waals surface area contributed by atoms with Crippen LogP contribution in [-0.4, -0.2) is 35.0 Å². The van der Waals surface area contributed by atoms with E-state index in [9.17, 15) is 19.8 Å². The van der Waals surface area contributed by atoms with Gasteiger partial charge in [0.25, 0.3) is 0 Å². The van der Waals surface area contributed by atoms with Crippen LogP contribution in [0, 0.1) is 34.5 Å².